The molecule has 0 unspecified atom stereocenters. The van der Waals surface area contributed by atoms with Gasteiger partial charge in [0.15, 0.2) is 0 Å². The Morgan fingerprint density at radius 3 is 2.87 bits per heavy atom. The third-order valence-corrected chi connectivity index (χ3v) is 4.73. The summed E-state index contributed by atoms with van der Waals surface area (Å²) in [6.45, 7) is 6.69. The number of benzene rings is 1. The molecule has 0 atom stereocenters. The molecule has 1 fully saturated rings. The molecule has 6 nitrogen and oxygen atoms in total. The van der Waals surface area contributed by atoms with Crippen LogP contribution in [0.2, 0.25) is 0 Å². The summed E-state index contributed by atoms with van der Waals surface area (Å²) in [7, 11) is 0. The number of hydrogen-bond acceptors (Lipinski definition) is 5. The molecule has 1 saturated heterocycles. The Balaban J connectivity index is 1.52. The maximum absolute atomic E-state index is 5.54. The second-order valence-electron chi connectivity index (χ2n) is 6.49. The molecule has 3 heterocycles. The van der Waals surface area contributed by atoms with Gasteiger partial charge in [0, 0.05) is 17.5 Å². The van der Waals surface area contributed by atoms with Crippen molar-refractivity contribution < 1.29 is 4.52 Å². The maximum atomic E-state index is 5.54. The van der Waals surface area contributed by atoms with Crippen LogP contribution in [0.15, 0.2) is 29.0 Å². The molecule has 2 aromatic heterocycles. The van der Waals surface area contributed by atoms with E-state index in [-0.39, 0.29) is 0 Å². The molecular weight excluding hydrogens is 290 g/mol. The van der Waals surface area contributed by atoms with Gasteiger partial charge in [-0.2, -0.15) is 4.98 Å². The molecule has 0 aliphatic carbocycles. The first kappa shape index (κ1) is 14.4. The fourth-order valence-corrected chi connectivity index (χ4v) is 3.26. The van der Waals surface area contributed by atoms with Crippen LogP contribution in [-0.2, 0) is 0 Å². The number of likely N-dealkylation sites (tertiary alicyclic amines) is 1. The lowest BCUT2D eigenvalue weighted by molar-refractivity contribution is 0.160. The molecule has 1 N–H and O–H groups in total. The van der Waals surface area contributed by atoms with Crippen LogP contribution in [0.4, 0.5) is 0 Å². The minimum atomic E-state index is 0.377. The molecule has 4 rings (SSSR count). The average Bonchev–Trinajstić information content (AvgIpc) is 3.23. The van der Waals surface area contributed by atoms with Crippen molar-refractivity contribution in [3.63, 3.8) is 0 Å². The van der Waals surface area contributed by atoms with Gasteiger partial charge in [0.05, 0.1) is 17.4 Å². The fourth-order valence-electron chi connectivity index (χ4n) is 3.26. The summed E-state index contributed by atoms with van der Waals surface area (Å²) in [5.41, 5.74) is 2.88. The first-order chi connectivity index (χ1) is 11.2. The number of hydrogen-bond donors (Lipinski definition) is 1. The summed E-state index contributed by atoms with van der Waals surface area (Å²) >= 11 is 0. The smallest absolute Gasteiger partial charge is 0.230 e. The quantitative estimate of drug-likeness (QED) is 0.804. The summed E-state index contributed by atoms with van der Waals surface area (Å²) in [5.74, 6) is 1.80. The predicted molar refractivity (Wildman–Crippen MR) is 88.1 cm³/mol. The number of rotatable bonds is 3. The third-order valence-electron chi connectivity index (χ3n) is 4.73. The summed E-state index contributed by atoms with van der Waals surface area (Å²) in [6.07, 6.45) is 3.86. The van der Waals surface area contributed by atoms with Crippen LogP contribution in [0.1, 0.15) is 38.5 Å². The standard InChI is InChI=1S/C17H21N5O/c1-11(2)22-7-5-12(6-8-22)17-20-16(21-23-17)13-3-4-14-15(9-13)19-10-18-14/h3-4,9-12H,5-8H2,1-2H3,(H,18,19). The number of aromatic nitrogens is 4. The van der Waals surface area contributed by atoms with E-state index >= 15 is 0 Å². The second-order valence-corrected chi connectivity index (χ2v) is 6.49. The molecule has 0 radical (unpaired) electrons. The highest BCUT2D eigenvalue weighted by Gasteiger charge is 2.26. The summed E-state index contributed by atoms with van der Waals surface area (Å²) < 4.78 is 5.54. The zero-order chi connectivity index (χ0) is 15.8. The van der Waals surface area contributed by atoms with E-state index in [4.69, 9.17) is 4.52 Å². The topological polar surface area (TPSA) is 70.8 Å². The van der Waals surface area contributed by atoms with Crippen LogP contribution in [0.5, 0.6) is 0 Å². The van der Waals surface area contributed by atoms with Crippen molar-refractivity contribution in [2.45, 2.75) is 38.6 Å². The van der Waals surface area contributed by atoms with Gasteiger partial charge in [-0.25, -0.2) is 4.98 Å². The Morgan fingerprint density at radius 2 is 2.09 bits per heavy atom. The van der Waals surface area contributed by atoms with E-state index in [1.807, 2.05) is 18.2 Å². The molecule has 1 aromatic carbocycles. The van der Waals surface area contributed by atoms with E-state index in [1.54, 1.807) is 6.33 Å². The van der Waals surface area contributed by atoms with Crippen molar-refractivity contribution in [1.82, 2.24) is 25.0 Å². The number of aromatic amines is 1. The molecule has 3 aromatic rings. The Hall–Kier alpha value is -2.21. The van der Waals surface area contributed by atoms with Gasteiger partial charge in [-0.1, -0.05) is 5.16 Å². The first-order valence-electron chi connectivity index (χ1n) is 8.22. The number of nitrogens with one attached hydrogen (secondary N) is 1. The van der Waals surface area contributed by atoms with Crippen molar-refractivity contribution in [3.8, 4) is 11.4 Å². The maximum Gasteiger partial charge on any atom is 0.230 e. The van der Waals surface area contributed by atoms with Gasteiger partial charge < -0.3 is 14.4 Å². The minimum Gasteiger partial charge on any atom is -0.345 e. The van der Waals surface area contributed by atoms with Gasteiger partial charge in [-0.3, -0.25) is 0 Å². The highest BCUT2D eigenvalue weighted by Crippen LogP contribution is 2.29. The molecule has 0 saturated carbocycles. The highest BCUT2D eigenvalue weighted by molar-refractivity contribution is 5.79. The van der Waals surface area contributed by atoms with Gasteiger partial charge in [0.25, 0.3) is 0 Å². The Kier molecular flexibility index (Phi) is 3.61. The predicted octanol–water partition coefficient (Wildman–Crippen LogP) is 3.20. The van der Waals surface area contributed by atoms with Gasteiger partial charge >= 0.3 is 0 Å². The number of piperidine rings is 1. The molecule has 23 heavy (non-hydrogen) atoms. The van der Waals surface area contributed by atoms with Crippen LogP contribution in [0.3, 0.4) is 0 Å². The monoisotopic (exact) mass is 311 g/mol. The molecule has 0 bridgehead atoms. The van der Waals surface area contributed by atoms with Gasteiger partial charge in [0.2, 0.25) is 11.7 Å². The van der Waals surface area contributed by atoms with Crippen LogP contribution in [0, 0.1) is 0 Å². The van der Waals surface area contributed by atoms with Gasteiger partial charge in [0.1, 0.15) is 0 Å². The lowest BCUT2D eigenvalue weighted by Gasteiger charge is -2.33. The van der Waals surface area contributed by atoms with E-state index in [0.29, 0.717) is 17.8 Å². The summed E-state index contributed by atoms with van der Waals surface area (Å²) in [5, 5.41) is 4.17. The molecule has 1 aliphatic rings. The zero-order valence-corrected chi connectivity index (χ0v) is 13.5. The third kappa shape index (κ3) is 2.74. The van der Waals surface area contributed by atoms with Crippen LogP contribution < -0.4 is 0 Å². The van der Waals surface area contributed by atoms with E-state index in [9.17, 15) is 0 Å². The highest BCUT2D eigenvalue weighted by atomic mass is 16.5. The van der Waals surface area contributed by atoms with Crippen molar-refractivity contribution >= 4 is 11.0 Å². The summed E-state index contributed by atoms with van der Waals surface area (Å²) in [6, 6.07) is 6.57. The largest absolute Gasteiger partial charge is 0.345 e. The van der Waals surface area contributed by atoms with E-state index in [0.717, 1.165) is 48.4 Å². The Bertz CT molecular complexity index is 798. The fraction of sp³-hybridized carbons (Fsp3) is 0.471. The molecule has 120 valence electrons. The lowest BCUT2D eigenvalue weighted by atomic mass is 9.96. The van der Waals surface area contributed by atoms with Gasteiger partial charge in [-0.05, 0) is 58.0 Å². The van der Waals surface area contributed by atoms with E-state index in [2.05, 4.69) is 38.9 Å². The number of fused-ring (bicyclic) bond motifs is 1. The van der Waals surface area contributed by atoms with Crippen LogP contribution in [-0.4, -0.2) is 44.1 Å². The van der Waals surface area contributed by atoms with Crippen molar-refractivity contribution in [1.29, 1.82) is 0 Å². The van der Waals surface area contributed by atoms with Crippen molar-refractivity contribution in [2.75, 3.05) is 13.1 Å². The van der Waals surface area contributed by atoms with E-state index < -0.39 is 0 Å². The molecule has 6 heteroatoms. The van der Waals surface area contributed by atoms with E-state index in [1.165, 1.54) is 0 Å². The van der Waals surface area contributed by atoms with Crippen molar-refractivity contribution in [3.05, 3.63) is 30.4 Å². The SMILES string of the molecule is CC(C)N1CCC(c2nc(-c3ccc4nc[nH]c4c3)no2)CC1. The van der Waals surface area contributed by atoms with Crippen LogP contribution >= 0.6 is 0 Å². The normalized spacial score (nSPS) is 17.3. The summed E-state index contributed by atoms with van der Waals surface area (Å²) in [4.78, 5) is 14.5. The number of H-pyrrole nitrogens is 1. The molecule has 1 aliphatic heterocycles. The Labute approximate surface area is 134 Å². The molecule has 0 amide bonds. The lowest BCUT2D eigenvalue weighted by Crippen LogP contribution is -2.37. The second kappa shape index (κ2) is 5.77. The number of nitrogens with zero attached hydrogens (tertiary/aromatic N) is 4. The molecular formula is C17H21N5O. The van der Waals surface area contributed by atoms with Gasteiger partial charge in [-0.15, -0.1) is 0 Å². The Morgan fingerprint density at radius 1 is 1.26 bits per heavy atom. The average molecular weight is 311 g/mol. The van der Waals surface area contributed by atoms with Crippen LogP contribution in [0.25, 0.3) is 22.4 Å². The van der Waals surface area contributed by atoms with Crippen molar-refractivity contribution in [2.24, 2.45) is 0 Å². The zero-order valence-electron chi connectivity index (χ0n) is 13.5. The molecule has 0 spiro atoms. The number of imidazole rings is 1. The minimum absolute atomic E-state index is 0.377. The first-order valence-corrected chi connectivity index (χ1v) is 8.22.